The Morgan fingerprint density at radius 3 is 2.36 bits per heavy atom. The molecule has 1 aliphatic carbocycles. The molecule has 2 fully saturated rings. The molecule has 0 aromatic carbocycles. The summed E-state index contributed by atoms with van der Waals surface area (Å²) in [5, 5.41) is 0. The number of hydrogen-bond acceptors (Lipinski definition) is 1. The smallest absolute Gasteiger partial charge is 0.249 e. The maximum atomic E-state index is 12.5. The van der Waals surface area contributed by atoms with Gasteiger partial charge in [0.05, 0.1) is 6.61 Å². The van der Waals surface area contributed by atoms with E-state index in [1.165, 1.54) is 0 Å². The molecule has 0 unspecified atom stereocenters. The third-order valence-electron chi connectivity index (χ3n) is 2.67. The van der Waals surface area contributed by atoms with E-state index in [0.29, 0.717) is 6.61 Å². The molecule has 1 saturated heterocycles. The van der Waals surface area contributed by atoms with Gasteiger partial charge >= 0.3 is 0 Å². The van der Waals surface area contributed by atoms with Crippen molar-refractivity contribution in [3.8, 4) is 0 Å². The first-order valence-corrected chi connectivity index (χ1v) is 4.08. The zero-order valence-electron chi connectivity index (χ0n) is 6.41. The van der Waals surface area contributed by atoms with E-state index in [2.05, 4.69) is 0 Å². The zero-order valence-corrected chi connectivity index (χ0v) is 6.41. The summed E-state index contributed by atoms with van der Waals surface area (Å²) < 4.78 is 30.2. The first-order valence-electron chi connectivity index (χ1n) is 4.08. The molecule has 1 spiro atoms. The predicted octanol–water partition coefficient (Wildman–Crippen LogP) is 2.21. The molecule has 0 aromatic heterocycles. The van der Waals surface area contributed by atoms with Crippen LogP contribution in [0.5, 0.6) is 0 Å². The predicted molar refractivity (Wildman–Crippen MR) is 36.7 cm³/mol. The van der Waals surface area contributed by atoms with E-state index in [9.17, 15) is 8.78 Å². The van der Waals surface area contributed by atoms with E-state index in [4.69, 9.17) is 4.74 Å². The maximum absolute atomic E-state index is 12.5. The Morgan fingerprint density at radius 2 is 1.91 bits per heavy atom. The van der Waals surface area contributed by atoms with Gasteiger partial charge in [-0.2, -0.15) is 0 Å². The van der Waals surface area contributed by atoms with E-state index in [0.717, 1.165) is 19.4 Å². The fraction of sp³-hybridized carbons (Fsp3) is 1.00. The number of hydrogen-bond donors (Lipinski definition) is 0. The number of ether oxygens (including phenoxy) is 1. The van der Waals surface area contributed by atoms with Crippen LogP contribution in [0.25, 0.3) is 0 Å². The Hall–Kier alpha value is -0.180. The second-order valence-electron chi connectivity index (χ2n) is 3.87. The fourth-order valence-corrected chi connectivity index (χ4v) is 2.23. The third kappa shape index (κ3) is 1.26. The molecular weight excluding hydrogens is 150 g/mol. The van der Waals surface area contributed by atoms with Gasteiger partial charge in [-0.15, -0.1) is 0 Å². The summed E-state index contributed by atoms with van der Waals surface area (Å²) in [5.41, 5.74) is -0.137. The van der Waals surface area contributed by atoms with Crippen LogP contribution in [0.4, 0.5) is 8.78 Å². The van der Waals surface area contributed by atoms with Gasteiger partial charge in [-0.3, -0.25) is 0 Å². The average Bonchev–Trinajstić information content (AvgIpc) is 1.85. The highest BCUT2D eigenvalue weighted by Gasteiger charge is 2.56. The molecule has 1 saturated carbocycles. The number of rotatable bonds is 0. The molecule has 0 amide bonds. The van der Waals surface area contributed by atoms with Crippen molar-refractivity contribution >= 4 is 0 Å². The summed E-state index contributed by atoms with van der Waals surface area (Å²) in [4.78, 5) is 0. The van der Waals surface area contributed by atoms with Crippen LogP contribution in [0.1, 0.15) is 25.7 Å². The van der Waals surface area contributed by atoms with Crippen LogP contribution in [0, 0.1) is 5.41 Å². The molecule has 0 N–H and O–H groups in total. The van der Waals surface area contributed by atoms with Gasteiger partial charge in [-0.25, -0.2) is 8.78 Å². The molecule has 2 aliphatic rings. The summed E-state index contributed by atoms with van der Waals surface area (Å²) in [7, 11) is 0. The second kappa shape index (κ2) is 2.16. The first-order chi connectivity index (χ1) is 5.12. The molecule has 1 heterocycles. The van der Waals surface area contributed by atoms with Gasteiger partial charge in [0.2, 0.25) is 5.92 Å². The van der Waals surface area contributed by atoms with Crippen LogP contribution in [0.2, 0.25) is 0 Å². The molecule has 0 bridgehead atoms. The number of alkyl halides is 2. The topological polar surface area (TPSA) is 9.23 Å². The van der Waals surface area contributed by atoms with E-state index in [-0.39, 0.29) is 18.3 Å². The standard InChI is InChI=1S/C8H12F2O/c9-8(10)4-7(5-8)2-1-3-11-6-7/h1-6H2. The summed E-state index contributed by atoms with van der Waals surface area (Å²) in [5.74, 6) is -2.39. The Labute approximate surface area is 64.7 Å². The minimum absolute atomic E-state index is 0.0556. The Balaban J connectivity index is 1.94. The van der Waals surface area contributed by atoms with Crippen molar-refractivity contribution in [2.45, 2.75) is 31.6 Å². The van der Waals surface area contributed by atoms with Crippen molar-refractivity contribution in [1.82, 2.24) is 0 Å². The Kier molecular flexibility index (Phi) is 1.46. The average molecular weight is 162 g/mol. The lowest BCUT2D eigenvalue weighted by molar-refractivity contribution is -0.199. The van der Waals surface area contributed by atoms with Crippen molar-refractivity contribution in [3.05, 3.63) is 0 Å². The van der Waals surface area contributed by atoms with Crippen molar-refractivity contribution in [2.24, 2.45) is 5.41 Å². The summed E-state index contributed by atoms with van der Waals surface area (Å²) in [6, 6.07) is 0. The van der Waals surface area contributed by atoms with E-state index < -0.39 is 5.92 Å². The first kappa shape index (κ1) is 7.47. The molecule has 3 heteroatoms. The van der Waals surface area contributed by atoms with Crippen molar-refractivity contribution in [1.29, 1.82) is 0 Å². The van der Waals surface area contributed by atoms with Gasteiger partial charge in [0.15, 0.2) is 0 Å². The quantitative estimate of drug-likeness (QED) is 0.530. The van der Waals surface area contributed by atoms with Crippen LogP contribution in [-0.4, -0.2) is 19.1 Å². The Morgan fingerprint density at radius 1 is 1.18 bits per heavy atom. The van der Waals surface area contributed by atoms with E-state index in [1.54, 1.807) is 0 Å². The van der Waals surface area contributed by atoms with E-state index in [1.807, 2.05) is 0 Å². The van der Waals surface area contributed by atoms with Crippen molar-refractivity contribution in [2.75, 3.05) is 13.2 Å². The van der Waals surface area contributed by atoms with Crippen LogP contribution < -0.4 is 0 Å². The molecule has 0 radical (unpaired) electrons. The van der Waals surface area contributed by atoms with Crippen LogP contribution in [0.15, 0.2) is 0 Å². The van der Waals surface area contributed by atoms with Crippen LogP contribution >= 0.6 is 0 Å². The monoisotopic (exact) mass is 162 g/mol. The lowest BCUT2D eigenvalue weighted by atomic mass is 9.63. The van der Waals surface area contributed by atoms with Gasteiger partial charge in [-0.1, -0.05) is 0 Å². The lowest BCUT2D eigenvalue weighted by Gasteiger charge is -2.49. The largest absolute Gasteiger partial charge is 0.381 e. The van der Waals surface area contributed by atoms with Gasteiger partial charge in [0.25, 0.3) is 0 Å². The SMILES string of the molecule is FC1(F)CC2(CCCOC2)C1. The van der Waals surface area contributed by atoms with Crippen molar-refractivity contribution < 1.29 is 13.5 Å². The zero-order chi connectivity index (χ0) is 7.95. The fourth-order valence-electron chi connectivity index (χ4n) is 2.23. The van der Waals surface area contributed by atoms with E-state index >= 15 is 0 Å². The molecule has 0 atom stereocenters. The Bertz CT molecular complexity index is 151. The highest BCUT2D eigenvalue weighted by Crippen LogP contribution is 2.55. The summed E-state index contributed by atoms with van der Waals surface area (Å²) >= 11 is 0. The molecule has 2 rings (SSSR count). The van der Waals surface area contributed by atoms with Crippen LogP contribution in [0.3, 0.4) is 0 Å². The van der Waals surface area contributed by atoms with Gasteiger partial charge in [-0.05, 0) is 12.8 Å². The minimum Gasteiger partial charge on any atom is -0.381 e. The highest BCUT2D eigenvalue weighted by molar-refractivity contribution is 4.99. The molecule has 64 valence electrons. The summed E-state index contributed by atoms with van der Waals surface area (Å²) in [6.45, 7) is 1.32. The van der Waals surface area contributed by atoms with Crippen molar-refractivity contribution in [3.63, 3.8) is 0 Å². The summed E-state index contributed by atoms with van der Waals surface area (Å²) in [6.07, 6.45) is 2.00. The van der Waals surface area contributed by atoms with Crippen LogP contribution in [-0.2, 0) is 4.74 Å². The highest BCUT2D eigenvalue weighted by atomic mass is 19.3. The molecule has 0 aromatic rings. The second-order valence-corrected chi connectivity index (χ2v) is 3.87. The third-order valence-corrected chi connectivity index (χ3v) is 2.67. The minimum atomic E-state index is -2.39. The van der Waals surface area contributed by atoms with Gasteiger partial charge in [0.1, 0.15) is 0 Å². The molecule has 1 aliphatic heterocycles. The molecular formula is C8H12F2O. The number of halogens is 2. The molecule has 1 nitrogen and oxygen atoms in total. The van der Waals surface area contributed by atoms with Gasteiger partial charge < -0.3 is 4.74 Å². The van der Waals surface area contributed by atoms with Gasteiger partial charge in [0, 0.05) is 24.9 Å². The maximum Gasteiger partial charge on any atom is 0.249 e. The lowest BCUT2D eigenvalue weighted by Crippen LogP contribution is -2.50. The normalized spacial score (nSPS) is 33.3. The molecule has 11 heavy (non-hydrogen) atoms.